The zero-order valence-electron chi connectivity index (χ0n) is 10.5. The average molecular weight is 308 g/mol. The van der Waals surface area contributed by atoms with Crippen LogP contribution in [0.3, 0.4) is 0 Å². The summed E-state index contributed by atoms with van der Waals surface area (Å²) in [5.41, 5.74) is 0.685. The van der Waals surface area contributed by atoms with E-state index >= 15 is 0 Å². The molecule has 1 aromatic carbocycles. The van der Waals surface area contributed by atoms with E-state index in [9.17, 15) is 4.79 Å². The van der Waals surface area contributed by atoms with Crippen LogP contribution in [-0.4, -0.2) is 22.6 Å². The van der Waals surface area contributed by atoms with Crippen molar-refractivity contribution in [2.45, 2.75) is 6.92 Å². The molecule has 102 valence electrons. The normalized spacial score (nSPS) is 9.85. The van der Waals surface area contributed by atoms with Crippen molar-refractivity contribution in [3.8, 4) is 6.07 Å². The number of aromatic nitrogens is 2. The number of anilines is 2. The lowest BCUT2D eigenvalue weighted by Gasteiger charge is -2.05. The molecule has 0 radical (unpaired) electrons. The summed E-state index contributed by atoms with van der Waals surface area (Å²) < 4.78 is 0. The molecule has 0 aliphatic rings. The smallest absolute Gasteiger partial charge is 0.286 e. The number of nitrogens with zero attached hydrogens (tertiary/aromatic N) is 3. The number of carbonyl (C=O) groups is 1. The van der Waals surface area contributed by atoms with Crippen LogP contribution < -0.4 is 10.6 Å². The van der Waals surface area contributed by atoms with E-state index in [1.165, 1.54) is 6.07 Å². The van der Waals surface area contributed by atoms with Gasteiger partial charge in [-0.25, -0.2) is 0 Å². The molecular formula is C12H10ClN5OS. The molecule has 2 N–H and O–H groups in total. The molecule has 0 aliphatic carbocycles. The van der Waals surface area contributed by atoms with Gasteiger partial charge in [0.25, 0.3) is 5.91 Å². The number of rotatable bonds is 4. The van der Waals surface area contributed by atoms with Gasteiger partial charge in [0.15, 0.2) is 0 Å². The Morgan fingerprint density at radius 1 is 1.50 bits per heavy atom. The fourth-order valence-electron chi connectivity index (χ4n) is 1.43. The molecule has 2 aromatic rings. The van der Waals surface area contributed by atoms with Crippen molar-refractivity contribution in [2.24, 2.45) is 0 Å². The van der Waals surface area contributed by atoms with Crippen LogP contribution in [-0.2, 0) is 0 Å². The van der Waals surface area contributed by atoms with Crippen LogP contribution in [0, 0.1) is 11.3 Å². The highest BCUT2D eigenvalue weighted by Gasteiger charge is 2.14. The molecule has 0 saturated carbocycles. The van der Waals surface area contributed by atoms with Crippen LogP contribution in [0.5, 0.6) is 0 Å². The number of nitriles is 1. The number of carbonyl (C=O) groups excluding carboxylic acids is 1. The molecule has 1 amide bonds. The molecule has 8 heteroatoms. The molecule has 0 aliphatic heterocycles. The second kappa shape index (κ2) is 6.32. The number of hydrogen-bond donors (Lipinski definition) is 2. The number of amides is 1. The highest BCUT2D eigenvalue weighted by molar-refractivity contribution is 7.17. The summed E-state index contributed by atoms with van der Waals surface area (Å²) in [5.74, 6) is -0.426. The zero-order valence-corrected chi connectivity index (χ0v) is 12.0. The second-order valence-electron chi connectivity index (χ2n) is 3.70. The molecule has 2 rings (SSSR count). The standard InChI is InChI=1S/C12H10ClN5OS/c1-2-15-12-18-17-11(20-12)10(19)16-9-5-8(13)4-3-7(9)6-14/h3-5H,2H2,1H3,(H,15,18)(H,16,19). The molecule has 0 fully saturated rings. The molecule has 0 spiro atoms. The molecule has 1 aromatic heterocycles. The molecule has 0 bridgehead atoms. The molecule has 20 heavy (non-hydrogen) atoms. The number of benzene rings is 1. The van der Waals surface area contributed by atoms with Gasteiger partial charge < -0.3 is 10.6 Å². The van der Waals surface area contributed by atoms with Gasteiger partial charge in [0.1, 0.15) is 6.07 Å². The van der Waals surface area contributed by atoms with Gasteiger partial charge in [-0.2, -0.15) is 5.26 Å². The largest absolute Gasteiger partial charge is 0.360 e. The minimum Gasteiger partial charge on any atom is -0.360 e. The first-order chi connectivity index (χ1) is 9.63. The van der Waals surface area contributed by atoms with Crippen LogP contribution in [0.15, 0.2) is 18.2 Å². The molecule has 1 heterocycles. The maximum absolute atomic E-state index is 12.0. The van der Waals surface area contributed by atoms with E-state index in [4.69, 9.17) is 16.9 Å². The zero-order chi connectivity index (χ0) is 14.5. The second-order valence-corrected chi connectivity index (χ2v) is 5.11. The Balaban J connectivity index is 2.19. The first-order valence-electron chi connectivity index (χ1n) is 5.72. The van der Waals surface area contributed by atoms with E-state index in [-0.39, 0.29) is 5.01 Å². The lowest BCUT2D eigenvalue weighted by atomic mass is 10.2. The lowest BCUT2D eigenvalue weighted by molar-refractivity contribution is 0.102. The summed E-state index contributed by atoms with van der Waals surface area (Å²) in [5, 5.41) is 23.4. The maximum Gasteiger partial charge on any atom is 0.286 e. The predicted octanol–water partition coefficient (Wildman–Crippen LogP) is 2.75. The maximum atomic E-state index is 12.0. The van der Waals surface area contributed by atoms with E-state index in [2.05, 4.69) is 20.8 Å². The molecular weight excluding hydrogens is 298 g/mol. The molecule has 6 nitrogen and oxygen atoms in total. The molecule has 0 saturated heterocycles. The summed E-state index contributed by atoms with van der Waals surface area (Å²) in [6, 6.07) is 6.64. The first kappa shape index (κ1) is 14.2. The van der Waals surface area contributed by atoms with Crippen LogP contribution in [0.25, 0.3) is 0 Å². The van der Waals surface area contributed by atoms with Crippen molar-refractivity contribution >= 4 is 39.7 Å². The van der Waals surface area contributed by atoms with Crippen LogP contribution in [0.4, 0.5) is 10.8 Å². The summed E-state index contributed by atoms with van der Waals surface area (Å²) in [6.45, 7) is 2.62. The van der Waals surface area contributed by atoms with Crippen LogP contribution in [0.1, 0.15) is 22.3 Å². The summed E-state index contributed by atoms with van der Waals surface area (Å²) >= 11 is 6.99. The van der Waals surface area contributed by atoms with Crippen molar-refractivity contribution in [1.29, 1.82) is 5.26 Å². The average Bonchev–Trinajstić information content (AvgIpc) is 2.88. The van der Waals surface area contributed by atoms with Crippen LogP contribution in [0.2, 0.25) is 5.02 Å². The highest BCUT2D eigenvalue weighted by Crippen LogP contribution is 2.22. The van der Waals surface area contributed by atoms with Gasteiger partial charge >= 0.3 is 0 Å². The van der Waals surface area contributed by atoms with Gasteiger partial charge in [-0.3, -0.25) is 4.79 Å². The van der Waals surface area contributed by atoms with Crippen molar-refractivity contribution in [3.05, 3.63) is 33.8 Å². The summed E-state index contributed by atoms with van der Waals surface area (Å²) in [6.07, 6.45) is 0. The predicted molar refractivity (Wildman–Crippen MR) is 78.2 cm³/mol. The van der Waals surface area contributed by atoms with Crippen molar-refractivity contribution in [2.75, 3.05) is 17.2 Å². The van der Waals surface area contributed by atoms with Gasteiger partial charge in [0.2, 0.25) is 10.1 Å². The van der Waals surface area contributed by atoms with E-state index in [1.807, 2.05) is 13.0 Å². The Morgan fingerprint density at radius 2 is 2.30 bits per heavy atom. The van der Waals surface area contributed by atoms with Crippen molar-refractivity contribution in [1.82, 2.24) is 10.2 Å². The first-order valence-corrected chi connectivity index (χ1v) is 6.92. The minimum absolute atomic E-state index is 0.213. The summed E-state index contributed by atoms with van der Waals surface area (Å²) in [7, 11) is 0. The van der Waals surface area contributed by atoms with Gasteiger partial charge in [-0.05, 0) is 25.1 Å². The monoisotopic (exact) mass is 307 g/mol. The van der Waals surface area contributed by atoms with E-state index in [0.717, 1.165) is 11.3 Å². The SMILES string of the molecule is CCNc1nnc(C(=O)Nc2cc(Cl)ccc2C#N)s1. The van der Waals surface area contributed by atoms with Crippen molar-refractivity contribution < 1.29 is 4.79 Å². The summed E-state index contributed by atoms with van der Waals surface area (Å²) in [4.78, 5) is 12.0. The lowest BCUT2D eigenvalue weighted by Crippen LogP contribution is -2.12. The Labute approximate surface area is 124 Å². The van der Waals surface area contributed by atoms with E-state index in [0.29, 0.717) is 27.9 Å². The van der Waals surface area contributed by atoms with Gasteiger partial charge in [0, 0.05) is 11.6 Å². The van der Waals surface area contributed by atoms with E-state index < -0.39 is 5.91 Å². The fourth-order valence-corrected chi connectivity index (χ4v) is 2.31. The third-order valence-electron chi connectivity index (χ3n) is 2.30. The van der Waals surface area contributed by atoms with E-state index in [1.54, 1.807) is 12.1 Å². The number of nitrogens with one attached hydrogen (secondary N) is 2. The Kier molecular flexibility index (Phi) is 4.50. The quantitative estimate of drug-likeness (QED) is 0.906. The molecule has 0 unspecified atom stereocenters. The Morgan fingerprint density at radius 3 is 3.00 bits per heavy atom. The van der Waals surface area contributed by atoms with Gasteiger partial charge in [0.05, 0.1) is 11.3 Å². The topological polar surface area (TPSA) is 90.7 Å². The van der Waals surface area contributed by atoms with Gasteiger partial charge in [-0.1, -0.05) is 22.9 Å². The highest BCUT2D eigenvalue weighted by atomic mass is 35.5. The molecule has 0 atom stereocenters. The minimum atomic E-state index is -0.426. The number of halogens is 1. The third kappa shape index (κ3) is 3.23. The van der Waals surface area contributed by atoms with Crippen molar-refractivity contribution in [3.63, 3.8) is 0 Å². The fraction of sp³-hybridized carbons (Fsp3) is 0.167. The Hall–Kier alpha value is -2.17. The Bertz CT molecular complexity index is 679. The van der Waals surface area contributed by atoms with Crippen LogP contribution >= 0.6 is 22.9 Å². The number of hydrogen-bond acceptors (Lipinski definition) is 6. The van der Waals surface area contributed by atoms with Gasteiger partial charge in [-0.15, -0.1) is 10.2 Å². The third-order valence-corrected chi connectivity index (χ3v) is 3.41.